The molecule has 2 aromatic carbocycles. The summed E-state index contributed by atoms with van der Waals surface area (Å²) in [4.78, 5) is 0. The topological polar surface area (TPSA) is 38.7 Å². The third-order valence-electron chi connectivity index (χ3n) is 5.48. The molecule has 0 aromatic heterocycles. The first-order valence-electron chi connectivity index (χ1n) is 9.68. The molecule has 0 amide bonds. The van der Waals surface area contributed by atoms with E-state index in [9.17, 15) is 5.11 Å². The van der Waals surface area contributed by atoms with Crippen LogP contribution in [0.5, 0.6) is 0 Å². The Bertz CT molecular complexity index is 680. The van der Waals surface area contributed by atoms with Gasteiger partial charge in [-0.2, -0.15) is 0 Å². The second-order valence-corrected chi connectivity index (χ2v) is 13.2. The van der Waals surface area contributed by atoms with Crippen LogP contribution in [0.1, 0.15) is 45.2 Å². The largest absolute Gasteiger partial charge is 0.414 e. The molecule has 0 fully saturated rings. The third-order valence-corrected chi connectivity index (χ3v) is 10.3. The third kappa shape index (κ3) is 6.28. The molecule has 1 N–H and O–H groups in total. The molecular formula is C23H34O3Si. The van der Waals surface area contributed by atoms with E-state index in [-0.39, 0.29) is 5.04 Å². The highest BCUT2D eigenvalue weighted by Crippen LogP contribution is 2.38. The molecule has 0 aliphatic rings. The molecule has 0 bridgehead atoms. The number of aliphatic hydroxyl groups is 1. The van der Waals surface area contributed by atoms with E-state index in [4.69, 9.17) is 9.16 Å². The van der Waals surface area contributed by atoms with Gasteiger partial charge in [-0.05, 0) is 29.6 Å². The van der Waals surface area contributed by atoms with Crippen molar-refractivity contribution >= 4 is 8.32 Å². The van der Waals surface area contributed by atoms with Gasteiger partial charge in [0.15, 0.2) is 0 Å². The standard InChI is InChI=1S/C23H34O3Si/c1-22(2,3)27(5,19-25-18-20-12-8-6-9-13-20)26-17-16-23(4,24)21-14-10-7-11-15-21/h6-15,24H,16-19H2,1-5H3/t23-,27+/m0/s1. The summed E-state index contributed by atoms with van der Waals surface area (Å²) < 4.78 is 12.5. The van der Waals surface area contributed by atoms with Crippen molar-refractivity contribution < 1.29 is 14.3 Å². The number of hydrogen-bond donors (Lipinski definition) is 1. The van der Waals surface area contributed by atoms with Gasteiger partial charge in [0, 0.05) is 13.0 Å². The first kappa shape index (κ1) is 21.8. The lowest BCUT2D eigenvalue weighted by Crippen LogP contribution is -2.49. The summed E-state index contributed by atoms with van der Waals surface area (Å²) in [6.45, 7) is 11.9. The first-order valence-corrected chi connectivity index (χ1v) is 12.3. The summed E-state index contributed by atoms with van der Waals surface area (Å²) in [5.41, 5.74) is 1.21. The molecule has 27 heavy (non-hydrogen) atoms. The fraction of sp³-hybridized carbons (Fsp3) is 0.478. The van der Waals surface area contributed by atoms with Crippen LogP contribution in [0.15, 0.2) is 60.7 Å². The number of ether oxygens (including phenoxy) is 1. The zero-order chi connectivity index (χ0) is 20.0. The van der Waals surface area contributed by atoms with Crippen LogP contribution in [0.4, 0.5) is 0 Å². The monoisotopic (exact) mass is 386 g/mol. The second kappa shape index (κ2) is 9.15. The molecule has 3 nitrogen and oxygen atoms in total. The molecule has 0 unspecified atom stereocenters. The molecule has 0 saturated heterocycles. The van der Waals surface area contributed by atoms with Gasteiger partial charge in [0.25, 0.3) is 0 Å². The Morgan fingerprint density at radius 1 is 0.889 bits per heavy atom. The molecule has 0 radical (unpaired) electrons. The van der Waals surface area contributed by atoms with E-state index in [0.717, 1.165) is 5.56 Å². The van der Waals surface area contributed by atoms with E-state index >= 15 is 0 Å². The van der Waals surface area contributed by atoms with Gasteiger partial charge in [-0.25, -0.2) is 0 Å². The Balaban J connectivity index is 1.93. The van der Waals surface area contributed by atoms with Crippen molar-refractivity contribution in [1.82, 2.24) is 0 Å². The maximum absolute atomic E-state index is 10.8. The fourth-order valence-corrected chi connectivity index (χ4v) is 4.82. The van der Waals surface area contributed by atoms with Gasteiger partial charge in [-0.1, -0.05) is 81.4 Å². The van der Waals surface area contributed by atoms with Crippen LogP contribution in [-0.2, 0) is 21.4 Å². The van der Waals surface area contributed by atoms with E-state index in [1.54, 1.807) is 0 Å². The smallest absolute Gasteiger partial charge is 0.220 e. The van der Waals surface area contributed by atoms with Crippen LogP contribution in [0.2, 0.25) is 11.6 Å². The minimum absolute atomic E-state index is 0.0439. The Labute approximate surface area is 165 Å². The lowest BCUT2D eigenvalue weighted by atomic mass is 9.93. The molecule has 0 spiro atoms. The normalized spacial score (nSPS) is 16.5. The van der Waals surface area contributed by atoms with Crippen molar-refractivity contribution in [3.05, 3.63) is 71.8 Å². The molecule has 2 rings (SSSR count). The van der Waals surface area contributed by atoms with E-state index in [0.29, 0.717) is 25.9 Å². The Morgan fingerprint density at radius 2 is 1.44 bits per heavy atom. The number of rotatable bonds is 9. The Kier molecular flexibility index (Phi) is 7.40. The molecule has 4 heteroatoms. The van der Waals surface area contributed by atoms with Crippen molar-refractivity contribution in [2.75, 3.05) is 12.8 Å². The van der Waals surface area contributed by atoms with Crippen LogP contribution >= 0.6 is 0 Å². The lowest BCUT2D eigenvalue weighted by Gasteiger charge is -2.39. The predicted octanol–water partition coefficient (Wildman–Crippen LogP) is 5.43. The Hall–Kier alpha value is -1.46. The van der Waals surface area contributed by atoms with Gasteiger partial charge in [0.2, 0.25) is 8.32 Å². The van der Waals surface area contributed by atoms with Crippen molar-refractivity contribution in [2.45, 2.75) is 57.9 Å². The minimum atomic E-state index is -2.14. The molecule has 0 aliphatic heterocycles. The maximum atomic E-state index is 10.8. The van der Waals surface area contributed by atoms with E-state index in [2.05, 4.69) is 39.5 Å². The average molecular weight is 387 g/mol. The van der Waals surface area contributed by atoms with Gasteiger partial charge in [0.1, 0.15) is 0 Å². The summed E-state index contributed by atoms with van der Waals surface area (Å²) in [6.07, 6.45) is 1.20. The zero-order valence-electron chi connectivity index (χ0n) is 17.4. The van der Waals surface area contributed by atoms with Gasteiger partial charge in [-0.15, -0.1) is 0 Å². The molecule has 2 atom stereocenters. The van der Waals surface area contributed by atoms with Crippen molar-refractivity contribution in [2.24, 2.45) is 0 Å². The molecule has 0 aliphatic carbocycles. The fourth-order valence-electron chi connectivity index (χ4n) is 2.83. The summed E-state index contributed by atoms with van der Waals surface area (Å²) in [6, 6.07) is 20.0. The molecule has 0 saturated carbocycles. The van der Waals surface area contributed by atoms with Crippen molar-refractivity contribution in [3.63, 3.8) is 0 Å². The molecular weight excluding hydrogens is 352 g/mol. The number of benzene rings is 2. The molecule has 0 heterocycles. The second-order valence-electron chi connectivity index (χ2n) is 8.70. The Morgan fingerprint density at radius 3 is 2.00 bits per heavy atom. The minimum Gasteiger partial charge on any atom is -0.414 e. The highest BCUT2D eigenvalue weighted by atomic mass is 28.4. The average Bonchev–Trinajstić information content (AvgIpc) is 2.62. The predicted molar refractivity (Wildman–Crippen MR) is 114 cm³/mol. The molecule has 148 valence electrons. The van der Waals surface area contributed by atoms with Gasteiger partial charge in [-0.3, -0.25) is 0 Å². The van der Waals surface area contributed by atoms with Gasteiger partial charge < -0.3 is 14.3 Å². The summed E-state index contributed by atoms with van der Waals surface area (Å²) in [7, 11) is -2.14. The SMILES string of the molecule is CC(C)(C)[Si@@](C)(COCc1ccccc1)OCC[C@](C)(O)c1ccccc1. The zero-order valence-corrected chi connectivity index (χ0v) is 18.4. The van der Waals surface area contributed by atoms with Crippen LogP contribution in [0, 0.1) is 0 Å². The van der Waals surface area contributed by atoms with Gasteiger partial charge >= 0.3 is 0 Å². The lowest BCUT2D eigenvalue weighted by molar-refractivity contribution is 0.0292. The molecule has 2 aromatic rings. The van der Waals surface area contributed by atoms with Gasteiger partial charge in [0.05, 0.1) is 18.4 Å². The highest BCUT2D eigenvalue weighted by molar-refractivity contribution is 6.75. The van der Waals surface area contributed by atoms with E-state index in [1.807, 2.05) is 55.5 Å². The summed E-state index contributed by atoms with van der Waals surface area (Å²) >= 11 is 0. The van der Waals surface area contributed by atoms with Crippen LogP contribution < -0.4 is 0 Å². The first-order chi connectivity index (χ1) is 12.6. The van der Waals surface area contributed by atoms with E-state index < -0.39 is 13.9 Å². The maximum Gasteiger partial charge on any atom is 0.220 e. The van der Waals surface area contributed by atoms with Crippen molar-refractivity contribution in [3.8, 4) is 0 Å². The quantitative estimate of drug-likeness (QED) is 0.584. The number of hydrogen-bond acceptors (Lipinski definition) is 3. The van der Waals surface area contributed by atoms with Crippen LogP contribution in [0.25, 0.3) is 0 Å². The van der Waals surface area contributed by atoms with Crippen LogP contribution in [-0.4, -0.2) is 26.3 Å². The van der Waals surface area contributed by atoms with E-state index in [1.165, 1.54) is 5.56 Å². The van der Waals surface area contributed by atoms with Crippen molar-refractivity contribution in [1.29, 1.82) is 0 Å². The van der Waals surface area contributed by atoms with Crippen LogP contribution in [0.3, 0.4) is 0 Å². The highest BCUT2D eigenvalue weighted by Gasteiger charge is 2.43. The summed E-state index contributed by atoms with van der Waals surface area (Å²) in [5.74, 6) is 0. The summed E-state index contributed by atoms with van der Waals surface area (Å²) in [5, 5.41) is 10.9.